The Morgan fingerprint density at radius 3 is 2.67 bits per heavy atom. The first-order valence-corrected chi connectivity index (χ1v) is 9.74. The van der Waals surface area contributed by atoms with E-state index < -0.39 is 30.7 Å². The average Bonchev–Trinajstić information content (AvgIpc) is 3.22. The average molecular weight is 377 g/mol. The summed E-state index contributed by atoms with van der Waals surface area (Å²) in [7, 11) is 0. The molecule has 8 heteroatoms. The van der Waals surface area contributed by atoms with Crippen molar-refractivity contribution in [1.29, 1.82) is 0 Å². The Bertz CT molecular complexity index is 652. The number of amides is 4. The maximum Gasteiger partial charge on any atom is 0.326 e. The third-order valence-electron chi connectivity index (χ3n) is 5.51. The van der Waals surface area contributed by atoms with Gasteiger partial charge in [0.2, 0.25) is 0 Å². The summed E-state index contributed by atoms with van der Waals surface area (Å²) in [5.74, 6) is -1.52. The minimum Gasteiger partial charge on any atom is -0.454 e. The van der Waals surface area contributed by atoms with Gasteiger partial charge in [-0.05, 0) is 44.9 Å². The summed E-state index contributed by atoms with van der Waals surface area (Å²) < 4.78 is 4.92. The number of esters is 1. The van der Waals surface area contributed by atoms with Crippen molar-refractivity contribution in [3.05, 3.63) is 11.6 Å². The fourth-order valence-electron chi connectivity index (χ4n) is 4.00. The highest BCUT2D eigenvalue weighted by Crippen LogP contribution is 2.34. The van der Waals surface area contributed by atoms with Gasteiger partial charge in [-0.25, -0.2) is 4.79 Å². The van der Waals surface area contributed by atoms with Gasteiger partial charge in [0.15, 0.2) is 6.61 Å². The van der Waals surface area contributed by atoms with E-state index in [0.29, 0.717) is 19.4 Å². The molecule has 1 aliphatic heterocycles. The van der Waals surface area contributed by atoms with Crippen LogP contribution < -0.4 is 10.6 Å². The maximum absolute atomic E-state index is 12.5. The van der Waals surface area contributed by atoms with Crippen LogP contribution in [0.15, 0.2) is 11.6 Å². The molecule has 2 N–H and O–H groups in total. The molecule has 0 atom stereocenters. The fourth-order valence-corrected chi connectivity index (χ4v) is 4.00. The van der Waals surface area contributed by atoms with Gasteiger partial charge in [0, 0.05) is 6.54 Å². The van der Waals surface area contributed by atoms with Crippen LogP contribution in [0.2, 0.25) is 0 Å². The van der Waals surface area contributed by atoms with E-state index in [4.69, 9.17) is 4.74 Å². The summed E-state index contributed by atoms with van der Waals surface area (Å²) in [5.41, 5.74) is 0.515. The second kappa shape index (κ2) is 8.54. The van der Waals surface area contributed by atoms with E-state index in [1.165, 1.54) is 18.4 Å². The van der Waals surface area contributed by atoms with E-state index >= 15 is 0 Å². The van der Waals surface area contributed by atoms with Crippen LogP contribution in [0, 0.1) is 0 Å². The van der Waals surface area contributed by atoms with Gasteiger partial charge in [0.1, 0.15) is 12.1 Å². The van der Waals surface area contributed by atoms with Crippen LogP contribution in [-0.4, -0.2) is 54.0 Å². The molecule has 0 aromatic heterocycles. The standard InChI is InChI=1S/C19H27N3O5/c23-15(20-11-8-14-6-2-1-3-7-14)13-27-16(24)12-22-17(25)19(21-18(22)26)9-4-5-10-19/h6H,1-5,7-13H2,(H,20,23)(H,21,26). The lowest BCUT2D eigenvalue weighted by Crippen LogP contribution is -2.44. The van der Waals surface area contributed by atoms with Crippen LogP contribution in [0.4, 0.5) is 4.79 Å². The molecule has 2 fully saturated rings. The van der Waals surface area contributed by atoms with Crippen molar-refractivity contribution in [2.45, 2.75) is 63.3 Å². The van der Waals surface area contributed by atoms with E-state index in [2.05, 4.69) is 16.7 Å². The molecule has 8 nitrogen and oxygen atoms in total. The quantitative estimate of drug-likeness (QED) is 0.396. The molecule has 1 heterocycles. The molecule has 3 rings (SSSR count). The number of ether oxygens (including phenoxy) is 1. The molecular formula is C19H27N3O5. The zero-order valence-corrected chi connectivity index (χ0v) is 15.6. The van der Waals surface area contributed by atoms with Crippen LogP contribution in [0.25, 0.3) is 0 Å². The van der Waals surface area contributed by atoms with Crippen molar-refractivity contribution in [2.75, 3.05) is 19.7 Å². The number of nitrogens with zero attached hydrogens (tertiary/aromatic N) is 1. The number of nitrogens with one attached hydrogen (secondary N) is 2. The van der Waals surface area contributed by atoms with Crippen molar-refractivity contribution in [1.82, 2.24) is 15.5 Å². The smallest absolute Gasteiger partial charge is 0.326 e. The zero-order chi connectivity index (χ0) is 19.3. The third kappa shape index (κ3) is 4.67. The lowest BCUT2D eigenvalue weighted by molar-refractivity contribution is -0.151. The maximum atomic E-state index is 12.5. The van der Waals surface area contributed by atoms with Gasteiger partial charge in [-0.2, -0.15) is 0 Å². The Morgan fingerprint density at radius 2 is 1.96 bits per heavy atom. The monoisotopic (exact) mass is 377 g/mol. The predicted molar refractivity (Wildman–Crippen MR) is 96.6 cm³/mol. The summed E-state index contributed by atoms with van der Waals surface area (Å²) >= 11 is 0. The van der Waals surface area contributed by atoms with Gasteiger partial charge in [-0.3, -0.25) is 19.3 Å². The van der Waals surface area contributed by atoms with E-state index in [1.54, 1.807) is 0 Å². The summed E-state index contributed by atoms with van der Waals surface area (Å²) in [5, 5.41) is 5.42. The first-order chi connectivity index (χ1) is 13.0. The van der Waals surface area contributed by atoms with Crippen LogP contribution in [-0.2, 0) is 19.1 Å². The third-order valence-corrected chi connectivity index (χ3v) is 5.51. The molecule has 2 aliphatic carbocycles. The van der Waals surface area contributed by atoms with Crippen LogP contribution in [0.1, 0.15) is 57.8 Å². The summed E-state index contributed by atoms with van der Waals surface area (Å²) in [6, 6.07) is -0.566. The Labute approximate surface area is 158 Å². The largest absolute Gasteiger partial charge is 0.454 e. The molecule has 27 heavy (non-hydrogen) atoms. The minimum atomic E-state index is -0.845. The van der Waals surface area contributed by atoms with E-state index in [9.17, 15) is 19.2 Å². The molecule has 148 valence electrons. The minimum absolute atomic E-state index is 0.368. The second-order valence-electron chi connectivity index (χ2n) is 7.48. The molecule has 0 bridgehead atoms. The Morgan fingerprint density at radius 1 is 1.19 bits per heavy atom. The van der Waals surface area contributed by atoms with Crippen molar-refractivity contribution < 1.29 is 23.9 Å². The number of hydrogen-bond acceptors (Lipinski definition) is 5. The number of carbonyl (C=O) groups is 4. The van der Waals surface area contributed by atoms with Crippen molar-refractivity contribution in [3.63, 3.8) is 0 Å². The van der Waals surface area contributed by atoms with Crippen molar-refractivity contribution >= 4 is 23.8 Å². The van der Waals surface area contributed by atoms with Crippen molar-refractivity contribution in [3.8, 4) is 0 Å². The molecule has 1 saturated carbocycles. The van der Waals surface area contributed by atoms with Gasteiger partial charge >= 0.3 is 12.0 Å². The SMILES string of the molecule is O=C(COC(=O)CN1C(=O)NC2(CCCC2)C1=O)NCCC1=CCCCC1. The predicted octanol–water partition coefficient (Wildman–Crippen LogP) is 1.40. The molecule has 0 aromatic carbocycles. The lowest BCUT2D eigenvalue weighted by atomic mass is 9.97. The number of imide groups is 1. The highest BCUT2D eigenvalue weighted by molar-refractivity contribution is 6.08. The molecule has 3 aliphatic rings. The number of urea groups is 1. The molecule has 0 aromatic rings. The highest BCUT2D eigenvalue weighted by atomic mass is 16.5. The molecule has 0 unspecified atom stereocenters. The lowest BCUT2D eigenvalue weighted by Gasteiger charge is -2.19. The van der Waals surface area contributed by atoms with Gasteiger partial charge in [-0.1, -0.05) is 24.5 Å². The summed E-state index contributed by atoms with van der Waals surface area (Å²) in [6.07, 6.45) is 10.6. The molecule has 4 amide bonds. The second-order valence-corrected chi connectivity index (χ2v) is 7.48. The Kier molecular flexibility index (Phi) is 6.13. The number of hydrogen-bond donors (Lipinski definition) is 2. The highest BCUT2D eigenvalue weighted by Gasteiger charge is 2.52. The molecular weight excluding hydrogens is 350 g/mol. The van der Waals surface area contributed by atoms with E-state index in [-0.39, 0.29) is 11.8 Å². The first-order valence-electron chi connectivity index (χ1n) is 9.74. The normalized spacial score (nSPS) is 21.2. The number of allylic oxidation sites excluding steroid dienone is 1. The zero-order valence-electron chi connectivity index (χ0n) is 15.6. The topological polar surface area (TPSA) is 105 Å². The van der Waals surface area contributed by atoms with Gasteiger partial charge in [-0.15, -0.1) is 0 Å². The molecule has 0 radical (unpaired) electrons. The molecule has 1 spiro atoms. The van der Waals surface area contributed by atoms with Gasteiger partial charge in [0.25, 0.3) is 11.8 Å². The van der Waals surface area contributed by atoms with Crippen molar-refractivity contribution in [2.24, 2.45) is 0 Å². The van der Waals surface area contributed by atoms with Crippen LogP contribution in [0.3, 0.4) is 0 Å². The molecule has 1 saturated heterocycles. The summed E-state index contributed by atoms with van der Waals surface area (Å²) in [4.78, 5) is 49.1. The van der Waals surface area contributed by atoms with Crippen LogP contribution in [0.5, 0.6) is 0 Å². The first kappa shape index (κ1) is 19.4. The van der Waals surface area contributed by atoms with Gasteiger partial charge < -0.3 is 15.4 Å². The summed E-state index contributed by atoms with van der Waals surface area (Å²) in [6.45, 7) is -0.364. The number of carbonyl (C=O) groups excluding carboxylic acids is 4. The fraction of sp³-hybridized carbons (Fsp3) is 0.684. The Balaban J connectivity index is 1.36. The number of rotatable bonds is 7. The van der Waals surface area contributed by atoms with E-state index in [1.807, 2.05) is 0 Å². The van der Waals surface area contributed by atoms with E-state index in [0.717, 1.165) is 37.0 Å². The van der Waals surface area contributed by atoms with Gasteiger partial charge in [0.05, 0.1) is 0 Å². The van der Waals surface area contributed by atoms with Crippen LogP contribution >= 0.6 is 0 Å². The Hall–Kier alpha value is -2.38.